The van der Waals surface area contributed by atoms with Crippen LogP contribution in [-0.4, -0.2) is 9.97 Å². The summed E-state index contributed by atoms with van der Waals surface area (Å²) in [4.78, 5) is 9.59. The fraction of sp³-hybridized carbons (Fsp3) is 0.565. The van der Waals surface area contributed by atoms with Gasteiger partial charge in [0.05, 0.1) is 0 Å². The van der Waals surface area contributed by atoms with Crippen LogP contribution in [0.15, 0.2) is 36.7 Å². The predicted octanol–water partition coefficient (Wildman–Crippen LogP) is 6.05. The second kappa shape index (κ2) is 7.68. The van der Waals surface area contributed by atoms with Crippen LogP contribution in [0.1, 0.15) is 74.4 Å². The Balaban J connectivity index is 1.99. The van der Waals surface area contributed by atoms with E-state index in [0.29, 0.717) is 23.7 Å². The van der Waals surface area contributed by atoms with Crippen LogP contribution >= 0.6 is 0 Å². The second-order valence-electron chi connectivity index (χ2n) is 8.09. The van der Waals surface area contributed by atoms with Crippen molar-refractivity contribution in [2.45, 2.75) is 65.7 Å². The van der Waals surface area contributed by atoms with Crippen LogP contribution in [0.4, 0.5) is 0 Å². The van der Waals surface area contributed by atoms with Crippen LogP contribution < -0.4 is 0 Å². The molecular formula is C23H32N2. The Kier molecular flexibility index (Phi) is 5.56. The minimum Gasteiger partial charge on any atom is -0.261 e. The normalized spacial score (nSPS) is 30.0. The van der Waals surface area contributed by atoms with Crippen molar-refractivity contribution in [2.75, 3.05) is 0 Å². The third-order valence-electron chi connectivity index (χ3n) is 6.65. The molecule has 3 unspecified atom stereocenters. The Morgan fingerprint density at radius 1 is 0.840 bits per heavy atom. The van der Waals surface area contributed by atoms with E-state index in [-0.39, 0.29) is 0 Å². The lowest BCUT2D eigenvalue weighted by Gasteiger charge is -2.31. The van der Waals surface area contributed by atoms with Crippen LogP contribution in [0.25, 0.3) is 0 Å². The molecule has 1 saturated carbocycles. The van der Waals surface area contributed by atoms with Gasteiger partial charge in [-0.05, 0) is 67.7 Å². The maximum Gasteiger partial charge on any atom is 0.0466 e. The molecule has 3 rings (SSSR count). The lowest BCUT2D eigenvalue weighted by molar-refractivity contribution is 0.292. The van der Waals surface area contributed by atoms with Crippen molar-refractivity contribution >= 4 is 0 Å². The average molecular weight is 337 g/mol. The molecule has 5 atom stereocenters. The van der Waals surface area contributed by atoms with Crippen LogP contribution in [0, 0.1) is 31.6 Å². The summed E-state index contributed by atoms with van der Waals surface area (Å²) in [6.45, 7) is 11.6. The molecule has 0 radical (unpaired) electrons. The second-order valence-corrected chi connectivity index (χ2v) is 8.09. The minimum atomic E-state index is 0.551. The molecule has 0 aliphatic heterocycles. The topological polar surface area (TPSA) is 25.8 Å². The van der Waals surface area contributed by atoms with Gasteiger partial charge in [-0.25, -0.2) is 0 Å². The van der Waals surface area contributed by atoms with E-state index in [1.54, 1.807) is 0 Å². The molecule has 0 bridgehead atoms. The highest BCUT2D eigenvalue weighted by molar-refractivity contribution is 5.26. The zero-order valence-electron chi connectivity index (χ0n) is 16.4. The van der Waals surface area contributed by atoms with Crippen molar-refractivity contribution in [3.8, 4) is 0 Å². The average Bonchev–Trinajstić information content (AvgIpc) is 2.74. The largest absolute Gasteiger partial charge is 0.261 e. The van der Waals surface area contributed by atoms with Gasteiger partial charge in [-0.3, -0.25) is 9.97 Å². The highest BCUT2D eigenvalue weighted by atomic mass is 14.7. The van der Waals surface area contributed by atoms with E-state index in [2.05, 4.69) is 58.9 Å². The molecule has 0 amide bonds. The Labute approximate surface area is 153 Å². The summed E-state index contributed by atoms with van der Waals surface area (Å²) < 4.78 is 0. The molecule has 1 aliphatic carbocycles. The van der Waals surface area contributed by atoms with Gasteiger partial charge in [-0.15, -0.1) is 0 Å². The highest BCUT2D eigenvalue weighted by Crippen LogP contribution is 2.48. The summed E-state index contributed by atoms with van der Waals surface area (Å²) in [5.41, 5.74) is 5.32. The molecule has 2 nitrogen and oxygen atoms in total. The summed E-state index contributed by atoms with van der Waals surface area (Å²) >= 11 is 0. The maximum atomic E-state index is 4.80. The summed E-state index contributed by atoms with van der Waals surface area (Å²) in [5, 5.41) is 0. The van der Waals surface area contributed by atoms with Gasteiger partial charge in [0, 0.05) is 35.6 Å². The third kappa shape index (κ3) is 3.63. The van der Waals surface area contributed by atoms with E-state index >= 15 is 0 Å². The number of hydrogen-bond donors (Lipinski definition) is 0. The van der Waals surface area contributed by atoms with Crippen LogP contribution in [-0.2, 0) is 0 Å². The minimum absolute atomic E-state index is 0.551. The lowest BCUT2D eigenvalue weighted by Crippen LogP contribution is -2.22. The molecule has 0 saturated heterocycles. The third-order valence-corrected chi connectivity index (χ3v) is 6.65. The first-order chi connectivity index (χ1) is 12.0. The molecule has 2 heterocycles. The zero-order valence-corrected chi connectivity index (χ0v) is 16.4. The highest BCUT2D eigenvalue weighted by Gasteiger charge is 2.38. The Hall–Kier alpha value is -1.70. The zero-order chi connectivity index (χ0) is 18.0. The molecule has 2 heteroatoms. The summed E-state index contributed by atoms with van der Waals surface area (Å²) in [7, 11) is 0. The van der Waals surface area contributed by atoms with Crippen molar-refractivity contribution in [3.05, 3.63) is 59.2 Å². The number of aromatic nitrogens is 2. The van der Waals surface area contributed by atoms with Gasteiger partial charge in [0.25, 0.3) is 0 Å². The van der Waals surface area contributed by atoms with Crippen LogP contribution in [0.5, 0.6) is 0 Å². The number of aryl methyl sites for hydroxylation is 2. The first-order valence-electron chi connectivity index (χ1n) is 9.85. The molecule has 2 aromatic heterocycles. The number of pyridine rings is 2. The van der Waals surface area contributed by atoms with Crippen molar-refractivity contribution in [3.63, 3.8) is 0 Å². The fourth-order valence-corrected chi connectivity index (χ4v) is 4.80. The number of hydrogen-bond acceptors (Lipinski definition) is 2. The van der Waals surface area contributed by atoms with Gasteiger partial charge >= 0.3 is 0 Å². The standard InChI is InChI=1S/C23H32N2/c1-6-19-13-20(22-15(2)9-7-11-24-22)17(4)18(5)21(14-19)23-16(3)10-8-12-25-23/h7-12,17-21H,6,13-14H2,1-5H3/t17?,18?,19?,20-,21+. The van der Waals surface area contributed by atoms with Crippen molar-refractivity contribution < 1.29 is 0 Å². The quantitative estimate of drug-likeness (QED) is 0.637. The molecule has 25 heavy (non-hydrogen) atoms. The van der Waals surface area contributed by atoms with Crippen LogP contribution in [0.2, 0.25) is 0 Å². The first-order valence-corrected chi connectivity index (χ1v) is 9.85. The van der Waals surface area contributed by atoms with Crippen molar-refractivity contribution in [1.82, 2.24) is 9.97 Å². The van der Waals surface area contributed by atoms with E-state index < -0.39 is 0 Å². The Bertz CT molecular complexity index is 649. The first kappa shape index (κ1) is 18.1. The summed E-state index contributed by atoms with van der Waals surface area (Å²) in [6.07, 6.45) is 7.67. The Morgan fingerprint density at radius 2 is 1.28 bits per heavy atom. The van der Waals surface area contributed by atoms with Gasteiger partial charge in [0.2, 0.25) is 0 Å². The number of rotatable bonds is 3. The number of nitrogens with zero attached hydrogens (tertiary/aromatic N) is 2. The van der Waals surface area contributed by atoms with Gasteiger partial charge in [0.15, 0.2) is 0 Å². The molecule has 1 fully saturated rings. The van der Waals surface area contributed by atoms with Crippen molar-refractivity contribution in [1.29, 1.82) is 0 Å². The molecule has 0 spiro atoms. The van der Waals surface area contributed by atoms with Gasteiger partial charge in [0.1, 0.15) is 0 Å². The Morgan fingerprint density at radius 3 is 1.64 bits per heavy atom. The van der Waals surface area contributed by atoms with Crippen LogP contribution in [0.3, 0.4) is 0 Å². The SMILES string of the molecule is CCC1C[C@H](c2ncccc2C)C(C)C(C)[C@H](c2ncccc2C)C1. The van der Waals surface area contributed by atoms with E-state index in [4.69, 9.17) is 9.97 Å². The van der Waals surface area contributed by atoms with Gasteiger partial charge < -0.3 is 0 Å². The summed E-state index contributed by atoms with van der Waals surface area (Å²) in [5.74, 6) is 3.06. The van der Waals surface area contributed by atoms with E-state index in [0.717, 1.165) is 5.92 Å². The van der Waals surface area contributed by atoms with Gasteiger partial charge in [-0.1, -0.05) is 39.3 Å². The molecule has 1 aliphatic rings. The maximum absolute atomic E-state index is 4.80. The molecular weight excluding hydrogens is 304 g/mol. The molecule has 134 valence electrons. The molecule has 2 aromatic rings. The monoisotopic (exact) mass is 336 g/mol. The molecule has 0 aromatic carbocycles. The lowest BCUT2D eigenvalue weighted by atomic mass is 9.75. The smallest absolute Gasteiger partial charge is 0.0466 e. The predicted molar refractivity (Wildman–Crippen MR) is 105 cm³/mol. The fourth-order valence-electron chi connectivity index (χ4n) is 4.80. The van der Waals surface area contributed by atoms with Crippen molar-refractivity contribution in [2.24, 2.45) is 17.8 Å². The van der Waals surface area contributed by atoms with E-state index in [1.165, 1.54) is 41.8 Å². The van der Waals surface area contributed by atoms with Gasteiger partial charge in [-0.2, -0.15) is 0 Å². The molecule has 0 N–H and O–H groups in total. The van der Waals surface area contributed by atoms with E-state index in [9.17, 15) is 0 Å². The summed E-state index contributed by atoms with van der Waals surface area (Å²) in [6, 6.07) is 8.54. The van der Waals surface area contributed by atoms with E-state index in [1.807, 2.05) is 12.4 Å².